The number of hydrogen-bond donors (Lipinski definition) is 3. The molecule has 2 rings (SSSR count). The molecule has 1 heterocycles. The largest absolute Gasteiger partial charge is 0.387 e. The van der Waals surface area contributed by atoms with Crippen LogP contribution in [0.2, 0.25) is 0 Å². The summed E-state index contributed by atoms with van der Waals surface area (Å²) in [5, 5.41) is 12.6. The molecule has 1 amide bonds. The molecule has 0 aliphatic rings. The number of rotatable bonds is 4. The highest BCUT2D eigenvalue weighted by Gasteiger charge is 2.15. The first kappa shape index (κ1) is 13.1. The van der Waals surface area contributed by atoms with Crippen molar-refractivity contribution in [2.24, 2.45) is 0 Å². The fraction of sp³-hybridized carbons (Fsp3) is 0.286. The summed E-state index contributed by atoms with van der Waals surface area (Å²) in [6.45, 7) is 3.90. The van der Waals surface area contributed by atoms with Crippen molar-refractivity contribution in [2.45, 2.75) is 19.9 Å². The Bertz CT molecular complexity index is 563. The van der Waals surface area contributed by atoms with Crippen LogP contribution in [0, 0.1) is 6.92 Å². The van der Waals surface area contributed by atoms with Crippen molar-refractivity contribution in [1.82, 2.24) is 15.5 Å². The third-order valence-corrected chi connectivity index (χ3v) is 3.06. The summed E-state index contributed by atoms with van der Waals surface area (Å²) < 4.78 is 0. The van der Waals surface area contributed by atoms with E-state index in [-0.39, 0.29) is 11.9 Å². The van der Waals surface area contributed by atoms with Crippen molar-refractivity contribution in [2.75, 3.05) is 12.4 Å². The number of nitrogens with zero attached hydrogens (tertiary/aromatic N) is 1. The Morgan fingerprint density at radius 1 is 1.42 bits per heavy atom. The number of anilines is 1. The molecule has 0 spiro atoms. The van der Waals surface area contributed by atoms with Crippen LogP contribution in [0.3, 0.4) is 0 Å². The van der Waals surface area contributed by atoms with Crippen LogP contribution >= 0.6 is 0 Å². The minimum absolute atomic E-state index is 0.0866. The van der Waals surface area contributed by atoms with Gasteiger partial charge in [-0.25, -0.2) is 0 Å². The number of hydrogen-bond acceptors (Lipinski definition) is 3. The zero-order valence-electron chi connectivity index (χ0n) is 11.3. The van der Waals surface area contributed by atoms with Gasteiger partial charge in [-0.3, -0.25) is 9.89 Å². The van der Waals surface area contributed by atoms with E-state index < -0.39 is 0 Å². The van der Waals surface area contributed by atoms with Crippen LogP contribution in [0.5, 0.6) is 0 Å². The summed E-state index contributed by atoms with van der Waals surface area (Å²) in [6.07, 6.45) is 3.49. The lowest BCUT2D eigenvalue weighted by molar-refractivity contribution is 0.0940. The predicted molar refractivity (Wildman–Crippen MR) is 75.2 cm³/mol. The average molecular weight is 258 g/mol. The maximum Gasteiger partial charge on any atom is 0.253 e. The van der Waals surface area contributed by atoms with Gasteiger partial charge in [0.25, 0.3) is 5.91 Å². The predicted octanol–water partition coefficient (Wildman–Crippen LogP) is 2.25. The smallest absolute Gasteiger partial charge is 0.253 e. The minimum atomic E-state index is -0.0956. The van der Waals surface area contributed by atoms with E-state index in [4.69, 9.17) is 0 Å². The molecule has 1 unspecified atom stereocenters. The van der Waals surface area contributed by atoms with E-state index in [1.807, 2.05) is 32.0 Å². The zero-order chi connectivity index (χ0) is 13.8. The van der Waals surface area contributed by atoms with Gasteiger partial charge in [-0.2, -0.15) is 5.10 Å². The Morgan fingerprint density at radius 3 is 2.84 bits per heavy atom. The molecule has 1 aromatic heterocycles. The van der Waals surface area contributed by atoms with E-state index in [1.165, 1.54) is 0 Å². The fourth-order valence-electron chi connectivity index (χ4n) is 1.92. The second-order valence-corrected chi connectivity index (χ2v) is 4.53. The lowest BCUT2D eigenvalue weighted by Crippen LogP contribution is -2.27. The highest BCUT2D eigenvalue weighted by atomic mass is 16.1. The van der Waals surface area contributed by atoms with Gasteiger partial charge in [0.15, 0.2) is 0 Å². The van der Waals surface area contributed by atoms with Crippen LogP contribution in [0.25, 0.3) is 0 Å². The molecule has 0 radical (unpaired) electrons. The molecule has 0 bridgehead atoms. The standard InChI is InChI=1S/C14H18N4O/c1-9-4-5-13(15-3)12(6-9)14(19)18-10(2)11-7-16-17-8-11/h4-8,10,15H,1-3H3,(H,16,17)(H,18,19). The molecule has 0 aliphatic heterocycles. The topological polar surface area (TPSA) is 69.8 Å². The van der Waals surface area contributed by atoms with E-state index in [9.17, 15) is 4.79 Å². The summed E-state index contributed by atoms with van der Waals surface area (Å²) in [5.74, 6) is -0.0956. The molecule has 5 nitrogen and oxygen atoms in total. The van der Waals surface area contributed by atoms with E-state index in [1.54, 1.807) is 19.4 Å². The zero-order valence-corrected chi connectivity index (χ0v) is 11.3. The highest BCUT2D eigenvalue weighted by molar-refractivity contribution is 6.00. The summed E-state index contributed by atoms with van der Waals surface area (Å²) in [6, 6.07) is 5.68. The molecule has 0 saturated carbocycles. The van der Waals surface area contributed by atoms with E-state index in [0.717, 1.165) is 16.8 Å². The van der Waals surface area contributed by atoms with Gasteiger partial charge < -0.3 is 10.6 Å². The molecular weight excluding hydrogens is 240 g/mol. The minimum Gasteiger partial charge on any atom is -0.387 e. The molecule has 1 atom stereocenters. The lowest BCUT2D eigenvalue weighted by Gasteiger charge is -2.15. The molecule has 19 heavy (non-hydrogen) atoms. The normalized spacial score (nSPS) is 11.9. The summed E-state index contributed by atoms with van der Waals surface area (Å²) in [5.41, 5.74) is 3.48. The molecular formula is C14H18N4O. The molecule has 100 valence electrons. The SMILES string of the molecule is CNc1ccc(C)cc1C(=O)NC(C)c1cn[nH]c1. The van der Waals surface area contributed by atoms with Crippen LogP contribution < -0.4 is 10.6 Å². The molecule has 0 saturated heterocycles. The molecule has 0 fully saturated rings. The number of H-pyrrole nitrogens is 1. The first-order valence-electron chi connectivity index (χ1n) is 6.19. The molecule has 0 aliphatic carbocycles. The van der Waals surface area contributed by atoms with E-state index in [0.29, 0.717) is 5.56 Å². The van der Waals surface area contributed by atoms with Crippen molar-refractivity contribution in [3.63, 3.8) is 0 Å². The first-order chi connectivity index (χ1) is 9.11. The average Bonchev–Trinajstić information content (AvgIpc) is 2.92. The Morgan fingerprint density at radius 2 is 2.21 bits per heavy atom. The van der Waals surface area contributed by atoms with Crippen molar-refractivity contribution >= 4 is 11.6 Å². The molecule has 1 aromatic carbocycles. The van der Waals surface area contributed by atoms with Crippen LogP contribution in [0.1, 0.15) is 34.5 Å². The quantitative estimate of drug-likeness (QED) is 0.787. The number of amides is 1. The van der Waals surface area contributed by atoms with Gasteiger partial charge in [-0.1, -0.05) is 11.6 Å². The first-order valence-corrected chi connectivity index (χ1v) is 6.19. The second-order valence-electron chi connectivity index (χ2n) is 4.53. The van der Waals surface area contributed by atoms with Crippen LogP contribution in [0.4, 0.5) is 5.69 Å². The number of aromatic nitrogens is 2. The number of aryl methyl sites for hydroxylation is 1. The Labute approximate surface area is 112 Å². The van der Waals surface area contributed by atoms with Gasteiger partial charge >= 0.3 is 0 Å². The number of benzene rings is 1. The third kappa shape index (κ3) is 2.93. The fourth-order valence-corrected chi connectivity index (χ4v) is 1.92. The van der Waals surface area contributed by atoms with Gasteiger partial charge in [0.05, 0.1) is 17.8 Å². The Kier molecular flexibility index (Phi) is 3.85. The van der Waals surface area contributed by atoms with Gasteiger partial charge in [0.1, 0.15) is 0 Å². The van der Waals surface area contributed by atoms with Crippen LogP contribution in [0.15, 0.2) is 30.6 Å². The van der Waals surface area contributed by atoms with Crippen molar-refractivity contribution < 1.29 is 4.79 Å². The van der Waals surface area contributed by atoms with Crippen molar-refractivity contribution in [1.29, 1.82) is 0 Å². The number of nitrogens with one attached hydrogen (secondary N) is 3. The van der Waals surface area contributed by atoms with Gasteiger partial charge in [-0.05, 0) is 26.0 Å². The number of carbonyl (C=O) groups is 1. The van der Waals surface area contributed by atoms with Gasteiger partial charge in [0.2, 0.25) is 0 Å². The van der Waals surface area contributed by atoms with E-state index in [2.05, 4.69) is 20.8 Å². The summed E-state index contributed by atoms with van der Waals surface area (Å²) in [4.78, 5) is 12.3. The number of aromatic amines is 1. The van der Waals surface area contributed by atoms with Crippen molar-refractivity contribution in [3.05, 3.63) is 47.3 Å². The summed E-state index contributed by atoms with van der Waals surface area (Å²) >= 11 is 0. The Balaban J connectivity index is 2.18. The van der Waals surface area contributed by atoms with Crippen LogP contribution in [-0.4, -0.2) is 23.2 Å². The molecule has 5 heteroatoms. The van der Waals surface area contributed by atoms with E-state index >= 15 is 0 Å². The number of carbonyl (C=O) groups excluding carboxylic acids is 1. The highest BCUT2D eigenvalue weighted by Crippen LogP contribution is 2.18. The molecule has 2 aromatic rings. The Hall–Kier alpha value is -2.30. The lowest BCUT2D eigenvalue weighted by atomic mass is 10.1. The third-order valence-electron chi connectivity index (χ3n) is 3.06. The monoisotopic (exact) mass is 258 g/mol. The maximum atomic E-state index is 12.3. The van der Waals surface area contributed by atoms with Gasteiger partial charge in [0, 0.05) is 24.5 Å². The summed E-state index contributed by atoms with van der Waals surface area (Å²) in [7, 11) is 1.81. The molecule has 3 N–H and O–H groups in total. The van der Waals surface area contributed by atoms with Gasteiger partial charge in [-0.15, -0.1) is 0 Å². The van der Waals surface area contributed by atoms with Crippen molar-refractivity contribution in [3.8, 4) is 0 Å². The maximum absolute atomic E-state index is 12.3. The van der Waals surface area contributed by atoms with Crippen LogP contribution in [-0.2, 0) is 0 Å². The second kappa shape index (κ2) is 5.56.